The summed E-state index contributed by atoms with van der Waals surface area (Å²) < 4.78 is 7.42. The number of nitrogens with one attached hydrogen (secondary N) is 1. The SMILES string of the molecule is O=C(O)C[C@@H]1COc2cc(Br)cc3[nH]c(=O)c(=O)n1c23. The van der Waals surface area contributed by atoms with Gasteiger partial charge in [-0.05, 0) is 12.1 Å². The van der Waals surface area contributed by atoms with Crippen LogP contribution in [0.5, 0.6) is 5.75 Å². The van der Waals surface area contributed by atoms with Gasteiger partial charge in [-0.1, -0.05) is 15.9 Å². The number of aromatic amines is 1. The number of ether oxygens (including phenoxy) is 1. The van der Waals surface area contributed by atoms with E-state index in [0.717, 1.165) is 0 Å². The Morgan fingerprint density at radius 1 is 1.50 bits per heavy atom. The standard InChI is InChI=1S/C12H9BrN2O5/c13-5-1-7-10-8(2-5)20-4-6(3-9(16)17)15(10)12(19)11(18)14-7/h1-2,6H,3-4H2,(H,14,18)(H,16,17)/t6-/m1/s1. The molecule has 1 aliphatic rings. The molecule has 2 aromatic rings. The summed E-state index contributed by atoms with van der Waals surface area (Å²) >= 11 is 3.29. The maximum absolute atomic E-state index is 12.0. The molecular weight excluding hydrogens is 332 g/mol. The summed E-state index contributed by atoms with van der Waals surface area (Å²) in [6.07, 6.45) is -0.284. The van der Waals surface area contributed by atoms with E-state index in [9.17, 15) is 14.4 Å². The number of nitrogens with zero attached hydrogens (tertiary/aromatic N) is 1. The van der Waals surface area contributed by atoms with Gasteiger partial charge in [-0.2, -0.15) is 0 Å². The Bertz CT molecular complexity index is 838. The minimum atomic E-state index is -1.06. The van der Waals surface area contributed by atoms with Crippen molar-refractivity contribution in [1.29, 1.82) is 0 Å². The van der Waals surface area contributed by atoms with Crippen LogP contribution in [0.3, 0.4) is 0 Å². The van der Waals surface area contributed by atoms with Crippen LogP contribution < -0.4 is 15.9 Å². The van der Waals surface area contributed by atoms with Gasteiger partial charge in [0.25, 0.3) is 0 Å². The Labute approximate surface area is 119 Å². The number of halogens is 1. The Balaban J connectivity index is 2.39. The molecule has 104 valence electrons. The van der Waals surface area contributed by atoms with Crippen LogP contribution in [-0.4, -0.2) is 27.2 Å². The number of rotatable bonds is 2. The van der Waals surface area contributed by atoms with Crippen LogP contribution in [0.25, 0.3) is 11.0 Å². The molecule has 8 heteroatoms. The monoisotopic (exact) mass is 340 g/mol. The summed E-state index contributed by atoms with van der Waals surface area (Å²) in [6, 6.07) is 2.62. The second-order valence-electron chi connectivity index (χ2n) is 4.49. The average molecular weight is 341 g/mol. The second-order valence-corrected chi connectivity index (χ2v) is 5.41. The fourth-order valence-electron chi connectivity index (χ4n) is 2.38. The lowest BCUT2D eigenvalue weighted by Crippen LogP contribution is -2.42. The molecule has 7 nitrogen and oxygen atoms in total. The van der Waals surface area contributed by atoms with Gasteiger partial charge >= 0.3 is 17.1 Å². The first-order chi connectivity index (χ1) is 9.47. The number of carbonyl (C=O) groups is 1. The van der Waals surface area contributed by atoms with Gasteiger partial charge in [-0.3, -0.25) is 19.0 Å². The van der Waals surface area contributed by atoms with Crippen molar-refractivity contribution in [2.24, 2.45) is 0 Å². The maximum Gasteiger partial charge on any atom is 0.317 e. The van der Waals surface area contributed by atoms with Crippen LogP contribution in [-0.2, 0) is 4.79 Å². The molecule has 1 aliphatic heterocycles. The molecule has 2 N–H and O–H groups in total. The molecule has 0 spiro atoms. The summed E-state index contributed by atoms with van der Waals surface area (Å²) in [7, 11) is 0. The highest BCUT2D eigenvalue weighted by Crippen LogP contribution is 2.33. The Kier molecular flexibility index (Phi) is 2.89. The van der Waals surface area contributed by atoms with Crippen molar-refractivity contribution < 1.29 is 14.6 Å². The fraction of sp³-hybridized carbons (Fsp3) is 0.250. The molecule has 20 heavy (non-hydrogen) atoms. The Morgan fingerprint density at radius 3 is 2.95 bits per heavy atom. The number of benzene rings is 1. The van der Waals surface area contributed by atoms with Crippen LogP contribution in [0.15, 0.2) is 26.2 Å². The summed E-state index contributed by atoms with van der Waals surface area (Å²) in [5, 5.41) is 8.91. The molecule has 1 aromatic carbocycles. The normalized spacial score (nSPS) is 16.9. The number of aliphatic carboxylic acids is 1. The zero-order valence-corrected chi connectivity index (χ0v) is 11.6. The highest BCUT2D eigenvalue weighted by atomic mass is 79.9. The topological polar surface area (TPSA) is 101 Å². The molecule has 0 aliphatic carbocycles. The molecular formula is C12H9BrN2O5. The van der Waals surface area contributed by atoms with Gasteiger partial charge in [-0.15, -0.1) is 0 Å². The molecule has 0 bridgehead atoms. The number of hydrogen-bond acceptors (Lipinski definition) is 4. The number of carboxylic acid groups (broad SMARTS) is 1. The Hall–Kier alpha value is -2.09. The lowest BCUT2D eigenvalue weighted by atomic mass is 10.1. The molecule has 1 atom stereocenters. The van der Waals surface area contributed by atoms with Crippen LogP contribution >= 0.6 is 15.9 Å². The van der Waals surface area contributed by atoms with Gasteiger partial charge in [0.15, 0.2) is 0 Å². The third-order valence-electron chi connectivity index (χ3n) is 3.15. The third-order valence-corrected chi connectivity index (χ3v) is 3.61. The Morgan fingerprint density at radius 2 is 2.25 bits per heavy atom. The number of H-pyrrole nitrogens is 1. The molecule has 0 radical (unpaired) electrons. The van der Waals surface area contributed by atoms with Crippen molar-refractivity contribution >= 4 is 32.9 Å². The minimum absolute atomic E-state index is 0.0359. The van der Waals surface area contributed by atoms with Crippen molar-refractivity contribution in [3.63, 3.8) is 0 Å². The number of carboxylic acids is 1. The van der Waals surface area contributed by atoms with E-state index >= 15 is 0 Å². The molecule has 0 amide bonds. The minimum Gasteiger partial charge on any atom is -0.489 e. The smallest absolute Gasteiger partial charge is 0.317 e. The molecule has 0 fully saturated rings. The fourth-order valence-corrected chi connectivity index (χ4v) is 2.81. The molecule has 0 unspecified atom stereocenters. The van der Waals surface area contributed by atoms with E-state index < -0.39 is 23.1 Å². The highest BCUT2D eigenvalue weighted by molar-refractivity contribution is 9.10. The zero-order valence-electron chi connectivity index (χ0n) is 10.1. The first-order valence-corrected chi connectivity index (χ1v) is 6.59. The summed E-state index contributed by atoms with van der Waals surface area (Å²) in [6.45, 7) is 0.0359. The second kappa shape index (κ2) is 4.48. The first kappa shape index (κ1) is 12.9. The van der Waals surface area contributed by atoms with Crippen molar-refractivity contribution in [2.75, 3.05) is 6.61 Å². The molecule has 0 saturated heterocycles. The lowest BCUT2D eigenvalue weighted by molar-refractivity contribution is -0.138. The van der Waals surface area contributed by atoms with Crippen LogP contribution in [0, 0.1) is 0 Å². The summed E-state index contributed by atoms with van der Waals surface area (Å²) in [5.74, 6) is -0.621. The van der Waals surface area contributed by atoms with Gasteiger partial charge in [0, 0.05) is 4.47 Å². The first-order valence-electron chi connectivity index (χ1n) is 5.80. The summed E-state index contributed by atoms with van der Waals surface area (Å²) in [5.41, 5.74) is -0.709. The van der Waals surface area contributed by atoms with Gasteiger partial charge in [0.2, 0.25) is 0 Å². The molecule has 3 rings (SSSR count). The third kappa shape index (κ3) is 1.92. The highest BCUT2D eigenvalue weighted by Gasteiger charge is 2.27. The van der Waals surface area contributed by atoms with E-state index in [0.29, 0.717) is 21.3 Å². The van der Waals surface area contributed by atoms with E-state index in [4.69, 9.17) is 9.84 Å². The average Bonchev–Trinajstić information content (AvgIpc) is 2.36. The summed E-state index contributed by atoms with van der Waals surface area (Å²) in [4.78, 5) is 37.1. The van der Waals surface area contributed by atoms with Gasteiger partial charge in [-0.25, -0.2) is 0 Å². The van der Waals surface area contributed by atoms with E-state index in [2.05, 4.69) is 20.9 Å². The van der Waals surface area contributed by atoms with Crippen molar-refractivity contribution in [3.05, 3.63) is 37.3 Å². The van der Waals surface area contributed by atoms with Crippen molar-refractivity contribution in [1.82, 2.24) is 9.55 Å². The predicted molar refractivity (Wildman–Crippen MR) is 73.3 cm³/mol. The van der Waals surface area contributed by atoms with E-state index in [1.165, 1.54) is 4.57 Å². The van der Waals surface area contributed by atoms with E-state index in [1.807, 2.05) is 0 Å². The van der Waals surface area contributed by atoms with Gasteiger partial charge in [0.1, 0.15) is 17.9 Å². The van der Waals surface area contributed by atoms with Crippen LogP contribution in [0.2, 0.25) is 0 Å². The van der Waals surface area contributed by atoms with E-state index in [1.54, 1.807) is 12.1 Å². The number of hydrogen-bond donors (Lipinski definition) is 2. The van der Waals surface area contributed by atoms with E-state index in [-0.39, 0.29) is 13.0 Å². The van der Waals surface area contributed by atoms with Gasteiger partial charge < -0.3 is 14.8 Å². The van der Waals surface area contributed by atoms with Crippen molar-refractivity contribution in [2.45, 2.75) is 12.5 Å². The van der Waals surface area contributed by atoms with Crippen LogP contribution in [0.4, 0.5) is 0 Å². The zero-order chi connectivity index (χ0) is 14.4. The molecule has 2 heterocycles. The lowest BCUT2D eigenvalue weighted by Gasteiger charge is -2.26. The van der Waals surface area contributed by atoms with Crippen molar-refractivity contribution in [3.8, 4) is 5.75 Å². The number of aromatic nitrogens is 2. The van der Waals surface area contributed by atoms with Gasteiger partial charge in [0.05, 0.1) is 18.0 Å². The largest absolute Gasteiger partial charge is 0.489 e. The molecule has 0 saturated carbocycles. The van der Waals surface area contributed by atoms with Crippen LogP contribution in [0.1, 0.15) is 12.5 Å². The maximum atomic E-state index is 12.0. The molecule has 1 aromatic heterocycles. The predicted octanol–water partition coefficient (Wildman–Crippen LogP) is 0.860. The quantitative estimate of drug-likeness (QED) is 0.789.